The molecule has 1 aliphatic rings. The minimum Gasteiger partial charge on any atom is -0.329 e. The number of nitrogens with zero attached hydrogens (tertiary/aromatic N) is 6. The van der Waals surface area contributed by atoms with Crippen molar-refractivity contribution in [2.75, 3.05) is 7.05 Å². The first kappa shape index (κ1) is 18.7. The van der Waals surface area contributed by atoms with Gasteiger partial charge in [-0.25, -0.2) is 9.47 Å². The lowest BCUT2D eigenvalue weighted by atomic mass is 10.0. The fourth-order valence-corrected chi connectivity index (χ4v) is 4.32. The van der Waals surface area contributed by atoms with Gasteiger partial charge in [0, 0.05) is 32.3 Å². The molecule has 0 amide bonds. The second kappa shape index (κ2) is 6.21. The van der Waals surface area contributed by atoms with Gasteiger partial charge in [-0.15, -0.1) is 5.10 Å². The second-order valence-corrected chi connectivity index (χ2v) is 8.77. The van der Waals surface area contributed by atoms with Gasteiger partial charge < -0.3 is 9.47 Å². The zero-order chi connectivity index (χ0) is 20.3. The van der Waals surface area contributed by atoms with Gasteiger partial charge in [0.2, 0.25) is 0 Å². The number of rotatable bonds is 4. The largest absolute Gasteiger partial charge is 0.329 e. The number of benzene rings is 1. The van der Waals surface area contributed by atoms with Gasteiger partial charge in [0.05, 0.1) is 29.8 Å². The van der Waals surface area contributed by atoms with Crippen LogP contribution in [0.1, 0.15) is 46.5 Å². The zero-order valence-corrected chi connectivity index (χ0v) is 18.0. The quantitative estimate of drug-likeness (QED) is 0.633. The van der Waals surface area contributed by atoms with Crippen molar-refractivity contribution in [1.82, 2.24) is 28.7 Å². The lowest BCUT2D eigenvalue weighted by Gasteiger charge is -2.41. The van der Waals surface area contributed by atoms with E-state index in [4.69, 9.17) is 10.1 Å². The molecule has 2 aromatic heterocycles. The molecule has 28 heavy (non-hydrogen) atoms. The number of hydrogen-bond acceptors (Lipinski definition) is 3. The average molecular weight is 380 g/mol. The Balaban J connectivity index is 1.71. The van der Waals surface area contributed by atoms with E-state index in [-0.39, 0.29) is 11.7 Å². The molecule has 4 rings (SSSR count). The molecule has 0 saturated heterocycles. The van der Waals surface area contributed by atoms with Crippen LogP contribution in [0.4, 0.5) is 5.82 Å². The molecule has 6 heteroatoms. The number of fused-ring (bicyclic) bond motifs is 1. The number of quaternary nitrogens is 1. The van der Waals surface area contributed by atoms with Crippen molar-refractivity contribution >= 4 is 16.9 Å². The third kappa shape index (κ3) is 2.58. The minimum atomic E-state index is -0.264. The molecule has 0 bridgehead atoms. The Kier molecular flexibility index (Phi) is 4.16. The van der Waals surface area contributed by atoms with Crippen LogP contribution in [0.3, 0.4) is 0 Å². The van der Waals surface area contributed by atoms with E-state index in [1.807, 2.05) is 10.7 Å². The van der Waals surface area contributed by atoms with Crippen molar-refractivity contribution in [3.8, 4) is 0 Å². The van der Waals surface area contributed by atoms with Gasteiger partial charge in [-0.1, -0.05) is 12.1 Å². The van der Waals surface area contributed by atoms with Crippen molar-refractivity contribution in [3.05, 3.63) is 54.8 Å². The van der Waals surface area contributed by atoms with E-state index < -0.39 is 0 Å². The number of para-hydroxylation sites is 2. The number of aromatic nitrogens is 4. The van der Waals surface area contributed by atoms with Gasteiger partial charge in [-0.3, -0.25) is 4.68 Å². The summed E-state index contributed by atoms with van der Waals surface area (Å²) in [5, 5.41) is 4.85. The van der Waals surface area contributed by atoms with Crippen molar-refractivity contribution < 1.29 is 0 Å². The number of hydrogen-bond donors (Lipinski definition) is 0. The standard InChI is InChI=1S/C22H31N6/c1-16(2)27-13-12-20(24-27)28(7)15-14-26(17(28)3)22(4,5)21-23-18-10-8-9-11-19(18)25(21)6/h8-17H,1-7H3/q+1/t17-,28?/m0/s1. The Morgan fingerprint density at radius 1 is 1.14 bits per heavy atom. The highest BCUT2D eigenvalue weighted by Gasteiger charge is 2.47. The van der Waals surface area contributed by atoms with Gasteiger partial charge in [-0.05, 0) is 39.8 Å². The van der Waals surface area contributed by atoms with E-state index in [1.165, 1.54) is 0 Å². The Labute approximate surface area is 167 Å². The van der Waals surface area contributed by atoms with Crippen LogP contribution >= 0.6 is 0 Å². The predicted molar refractivity (Wildman–Crippen MR) is 115 cm³/mol. The highest BCUT2D eigenvalue weighted by molar-refractivity contribution is 5.76. The summed E-state index contributed by atoms with van der Waals surface area (Å²) in [6.45, 7) is 11.1. The van der Waals surface area contributed by atoms with Crippen LogP contribution in [0.15, 0.2) is 48.9 Å². The molecular formula is C22H31N6+. The molecule has 3 aromatic rings. The summed E-state index contributed by atoms with van der Waals surface area (Å²) in [4.78, 5) is 7.38. The molecule has 6 nitrogen and oxygen atoms in total. The van der Waals surface area contributed by atoms with Gasteiger partial charge in [0.1, 0.15) is 12.0 Å². The molecule has 1 unspecified atom stereocenters. The maximum absolute atomic E-state index is 4.97. The topological polar surface area (TPSA) is 38.9 Å². The van der Waals surface area contributed by atoms with Crippen LogP contribution in [0.2, 0.25) is 0 Å². The number of imidazole rings is 1. The van der Waals surface area contributed by atoms with E-state index in [9.17, 15) is 0 Å². The monoisotopic (exact) mass is 379 g/mol. The van der Waals surface area contributed by atoms with Gasteiger partial charge in [0.25, 0.3) is 5.82 Å². The van der Waals surface area contributed by atoms with Crippen LogP contribution in [0, 0.1) is 0 Å². The van der Waals surface area contributed by atoms with E-state index in [1.54, 1.807) is 0 Å². The lowest BCUT2D eigenvalue weighted by Crippen LogP contribution is -2.55. The molecule has 0 fully saturated rings. The summed E-state index contributed by atoms with van der Waals surface area (Å²) < 4.78 is 4.89. The summed E-state index contributed by atoms with van der Waals surface area (Å²) in [5.41, 5.74) is 1.94. The predicted octanol–water partition coefficient (Wildman–Crippen LogP) is 4.36. The Bertz CT molecular complexity index is 1040. The molecule has 1 aromatic carbocycles. The zero-order valence-electron chi connectivity index (χ0n) is 18.0. The first-order valence-electron chi connectivity index (χ1n) is 9.97. The lowest BCUT2D eigenvalue weighted by molar-refractivity contribution is 0.0824. The van der Waals surface area contributed by atoms with Crippen LogP contribution in [-0.4, -0.2) is 37.4 Å². The molecule has 0 aliphatic carbocycles. The summed E-state index contributed by atoms with van der Waals surface area (Å²) in [6.07, 6.45) is 6.72. The Morgan fingerprint density at radius 3 is 2.50 bits per heavy atom. The molecular weight excluding hydrogens is 348 g/mol. The molecule has 0 saturated carbocycles. The second-order valence-electron chi connectivity index (χ2n) is 8.77. The molecule has 2 atom stereocenters. The van der Waals surface area contributed by atoms with Crippen molar-refractivity contribution in [2.45, 2.75) is 52.4 Å². The molecule has 148 valence electrons. The highest BCUT2D eigenvalue weighted by atomic mass is 15.6. The van der Waals surface area contributed by atoms with E-state index in [0.29, 0.717) is 10.5 Å². The molecule has 0 N–H and O–H groups in total. The van der Waals surface area contributed by atoms with Gasteiger partial charge >= 0.3 is 0 Å². The van der Waals surface area contributed by atoms with E-state index >= 15 is 0 Å². The summed E-state index contributed by atoms with van der Waals surface area (Å²) in [6, 6.07) is 10.8. The first-order chi connectivity index (χ1) is 13.2. The van der Waals surface area contributed by atoms with Gasteiger partial charge in [0.15, 0.2) is 6.17 Å². The third-order valence-corrected chi connectivity index (χ3v) is 6.31. The summed E-state index contributed by atoms with van der Waals surface area (Å²) >= 11 is 0. The maximum Gasteiger partial charge on any atom is 0.252 e. The first-order valence-corrected chi connectivity index (χ1v) is 9.97. The van der Waals surface area contributed by atoms with Crippen molar-refractivity contribution in [2.24, 2.45) is 7.05 Å². The third-order valence-electron chi connectivity index (χ3n) is 6.31. The SMILES string of the molecule is CC(C)n1ccc([N+]2(C)C=CN(C(C)(C)c3nc4ccccc4n3C)[C@@H]2C)n1. The Hall–Kier alpha value is -2.60. The molecule has 1 aliphatic heterocycles. The van der Waals surface area contributed by atoms with Crippen LogP contribution in [0.5, 0.6) is 0 Å². The van der Waals surface area contributed by atoms with Crippen molar-refractivity contribution in [1.29, 1.82) is 0 Å². The Morgan fingerprint density at radius 2 is 1.86 bits per heavy atom. The average Bonchev–Trinajstić information content (AvgIpc) is 3.34. The highest BCUT2D eigenvalue weighted by Crippen LogP contribution is 2.39. The molecule has 0 spiro atoms. The smallest absolute Gasteiger partial charge is 0.252 e. The summed E-state index contributed by atoms with van der Waals surface area (Å²) in [5.74, 6) is 2.12. The molecule has 0 radical (unpaired) electrons. The van der Waals surface area contributed by atoms with Crippen LogP contribution in [-0.2, 0) is 12.6 Å². The van der Waals surface area contributed by atoms with Crippen LogP contribution < -0.4 is 4.48 Å². The fourth-order valence-electron chi connectivity index (χ4n) is 4.32. The normalized spacial score (nSPS) is 22.7. The van der Waals surface area contributed by atoms with Crippen molar-refractivity contribution in [3.63, 3.8) is 0 Å². The maximum atomic E-state index is 4.97. The number of aryl methyl sites for hydroxylation is 1. The molecule has 3 heterocycles. The van der Waals surface area contributed by atoms with Crippen LogP contribution in [0.25, 0.3) is 11.0 Å². The van der Waals surface area contributed by atoms with E-state index in [2.05, 4.69) is 101 Å². The van der Waals surface area contributed by atoms with Gasteiger partial charge in [-0.2, -0.15) is 0 Å². The minimum absolute atomic E-state index is 0.199. The fraction of sp³-hybridized carbons (Fsp3) is 0.455. The van der Waals surface area contributed by atoms with E-state index in [0.717, 1.165) is 22.7 Å². The summed E-state index contributed by atoms with van der Waals surface area (Å²) in [7, 11) is 4.33.